The molecular formula is C20H34O2. The van der Waals surface area contributed by atoms with Crippen LogP contribution in [-0.4, -0.2) is 21.9 Å². The highest BCUT2D eigenvalue weighted by atomic mass is 16.3. The zero-order chi connectivity index (χ0) is 16.0. The van der Waals surface area contributed by atoms with Crippen molar-refractivity contribution in [3.05, 3.63) is 0 Å². The molecule has 0 saturated heterocycles. The molecule has 4 fully saturated rings. The Labute approximate surface area is 135 Å². The van der Waals surface area contributed by atoms with Crippen LogP contribution in [0.4, 0.5) is 0 Å². The number of hydrogen-bond acceptors (Lipinski definition) is 2. The van der Waals surface area contributed by atoms with Gasteiger partial charge in [0, 0.05) is 0 Å². The predicted molar refractivity (Wildman–Crippen MR) is 88.4 cm³/mol. The maximum absolute atomic E-state index is 10.9. The van der Waals surface area contributed by atoms with Crippen molar-refractivity contribution >= 4 is 0 Å². The molecule has 4 aliphatic rings. The van der Waals surface area contributed by atoms with Gasteiger partial charge in [0.25, 0.3) is 0 Å². The average molecular weight is 306 g/mol. The second kappa shape index (κ2) is 4.30. The lowest BCUT2D eigenvalue weighted by Crippen LogP contribution is -2.59. The normalized spacial score (nSPS) is 59.7. The van der Waals surface area contributed by atoms with E-state index in [1.807, 2.05) is 0 Å². The van der Waals surface area contributed by atoms with Gasteiger partial charge >= 0.3 is 0 Å². The van der Waals surface area contributed by atoms with E-state index in [1.54, 1.807) is 0 Å². The molecule has 0 aromatic carbocycles. The molecule has 2 heteroatoms. The van der Waals surface area contributed by atoms with Crippen molar-refractivity contribution < 1.29 is 10.2 Å². The summed E-state index contributed by atoms with van der Waals surface area (Å²) in [4.78, 5) is 0. The van der Waals surface area contributed by atoms with Crippen molar-refractivity contribution in [1.29, 1.82) is 0 Å². The highest BCUT2D eigenvalue weighted by Crippen LogP contribution is 2.72. The molecule has 2 nitrogen and oxygen atoms in total. The van der Waals surface area contributed by atoms with Gasteiger partial charge in [0.1, 0.15) is 0 Å². The molecule has 1 spiro atoms. The first kappa shape index (κ1) is 15.4. The van der Waals surface area contributed by atoms with E-state index in [2.05, 4.69) is 27.7 Å². The maximum atomic E-state index is 10.9. The molecule has 0 aromatic heterocycles. The Morgan fingerprint density at radius 2 is 1.59 bits per heavy atom. The minimum Gasteiger partial charge on any atom is -0.393 e. The van der Waals surface area contributed by atoms with Crippen LogP contribution in [0, 0.1) is 34.0 Å². The number of hydrogen-bond donors (Lipinski definition) is 2. The lowest BCUT2D eigenvalue weighted by Gasteiger charge is -2.64. The van der Waals surface area contributed by atoms with Crippen LogP contribution in [0.15, 0.2) is 0 Å². The Bertz CT molecular complexity index is 482. The third-order valence-corrected chi connectivity index (χ3v) is 9.02. The first-order valence-electron chi connectivity index (χ1n) is 9.52. The van der Waals surface area contributed by atoms with Crippen LogP contribution < -0.4 is 0 Å². The third kappa shape index (κ3) is 1.75. The molecule has 4 aliphatic carbocycles. The zero-order valence-electron chi connectivity index (χ0n) is 14.9. The molecule has 4 saturated carbocycles. The van der Waals surface area contributed by atoms with Crippen LogP contribution in [0.1, 0.15) is 79.1 Å². The van der Waals surface area contributed by atoms with Crippen LogP contribution in [0.5, 0.6) is 0 Å². The van der Waals surface area contributed by atoms with Gasteiger partial charge < -0.3 is 10.2 Å². The Morgan fingerprint density at radius 3 is 2.32 bits per heavy atom. The molecule has 0 radical (unpaired) electrons. The summed E-state index contributed by atoms with van der Waals surface area (Å²) >= 11 is 0. The minimum absolute atomic E-state index is 0.0482. The number of fused-ring (bicyclic) bond motifs is 3. The predicted octanol–water partition coefficient (Wildman–Crippen LogP) is 4.14. The van der Waals surface area contributed by atoms with E-state index in [9.17, 15) is 10.2 Å². The van der Waals surface area contributed by atoms with Gasteiger partial charge in [0.15, 0.2) is 0 Å². The summed E-state index contributed by atoms with van der Waals surface area (Å²) in [6.07, 6.45) is 9.35. The number of aliphatic hydroxyl groups is 2. The van der Waals surface area contributed by atoms with Crippen LogP contribution in [0.3, 0.4) is 0 Å². The monoisotopic (exact) mass is 306 g/mol. The van der Waals surface area contributed by atoms with Crippen LogP contribution in [-0.2, 0) is 0 Å². The second-order valence-corrected chi connectivity index (χ2v) is 10.4. The average Bonchev–Trinajstić information content (AvgIpc) is 2.60. The fourth-order valence-corrected chi connectivity index (χ4v) is 8.01. The smallest absolute Gasteiger partial charge is 0.0653 e. The van der Waals surface area contributed by atoms with Crippen LogP contribution in [0.2, 0.25) is 0 Å². The summed E-state index contributed by atoms with van der Waals surface area (Å²) in [6.45, 7) is 9.23. The summed E-state index contributed by atoms with van der Waals surface area (Å²) in [7, 11) is 0. The molecule has 4 rings (SSSR count). The van der Waals surface area contributed by atoms with E-state index in [-0.39, 0.29) is 11.5 Å². The Balaban J connectivity index is 1.73. The van der Waals surface area contributed by atoms with E-state index >= 15 is 0 Å². The van der Waals surface area contributed by atoms with E-state index in [0.29, 0.717) is 22.7 Å². The molecule has 2 bridgehead atoms. The lowest BCUT2D eigenvalue weighted by molar-refractivity contribution is -0.180. The Hall–Kier alpha value is -0.0800. The first-order chi connectivity index (χ1) is 10.1. The minimum atomic E-state index is -0.429. The molecule has 7 atom stereocenters. The van der Waals surface area contributed by atoms with Gasteiger partial charge in [-0.1, -0.05) is 20.8 Å². The van der Waals surface area contributed by atoms with Crippen LogP contribution in [0.25, 0.3) is 0 Å². The molecule has 22 heavy (non-hydrogen) atoms. The van der Waals surface area contributed by atoms with Gasteiger partial charge in [-0.25, -0.2) is 0 Å². The summed E-state index contributed by atoms with van der Waals surface area (Å²) in [5.41, 5.74) is 0.386. The fraction of sp³-hybridized carbons (Fsp3) is 1.00. The fourth-order valence-electron chi connectivity index (χ4n) is 8.01. The van der Waals surface area contributed by atoms with Crippen molar-refractivity contribution in [3.63, 3.8) is 0 Å². The van der Waals surface area contributed by atoms with Gasteiger partial charge in [-0.3, -0.25) is 0 Å². The highest BCUT2D eigenvalue weighted by Gasteiger charge is 2.66. The standard InChI is InChI=1S/C20H34O2/c1-17(2)14-7-10-20-11-13(19(4,22)12-20)5-6-15(20)18(14,3)9-8-16(17)21/h13-16,21-22H,5-12H2,1-4H3/t13?,14-,15+,16+,18-,19-,20+/m1/s1. The van der Waals surface area contributed by atoms with E-state index in [4.69, 9.17) is 0 Å². The largest absolute Gasteiger partial charge is 0.393 e. The summed E-state index contributed by atoms with van der Waals surface area (Å²) in [5, 5.41) is 21.4. The topological polar surface area (TPSA) is 40.5 Å². The van der Waals surface area contributed by atoms with E-state index in [0.717, 1.165) is 18.8 Å². The van der Waals surface area contributed by atoms with Gasteiger partial charge in [0.2, 0.25) is 0 Å². The molecule has 1 unspecified atom stereocenters. The lowest BCUT2D eigenvalue weighted by atomic mass is 9.41. The van der Waals surface area contributed by atoms with E-state index < -0.39 is 5.60 Å². The molecular weight excluding hydrogens is 272 g/mol. The highest BCUT2D eigenvalue weighted by molar-refractivity contribution is 5.16. The SMILES string of the molecule is CC1(C)[C@H]2CC[C@@]34CC(CC[C@H]3[C@]2(C)CC[C@@H]1O)[C@](C)(O)C4. The Kier molecular flexibility index (Phi) is 3.02. The van der Waals surface area contributed by atoms with Gasteiger partial charge in [-0.2, -0.15) is 0 Å². The second-order valence-electron chi connectivity index (χ2n) is 10.4. The maximum Gasteiger partial charge on any atom is 0.0653 e. The van der Waals surface area contributed by atoms with Crippen molar-refractivity contribution in [1.82, 2.24) is 0 Å². The molecule has 0 amide bonds. The van der Waals surface area contributed by atoms with Crippen molar-refractivity contribution in [2.45, 2.75) is 90.8 Å². The molecule has 0 aromatic rings. The van der Waals surface area contributed by atoms with Gasteiger partial charge in [-0.15, -0.1) is 0 Å². The molecule has 0 heterocycles. The van der Waals surface area contributed by atoms with Crippen molar-refractivity contribution in [3.8, 4) is 0 Å². The quantitative estimate of drug-likeness (QED) is 0.706. The Morgan fingerprint density at radius 1 is 0.864 bits per heavy atom. The number of aliphatic hydroxyl groups excluding tert-OH is 1. The van der Waals surface area contributed by atoms with Crippen molar-refractivity contribution in [2.24, 2.45) is 34.0 Å². The summed E-state index contributed by atoms with van der Waals surface area (Å²) in [5.74, 6) is 1.93. The first-order valence-corrected chi connectivity index (χ1v) is 9.52. The van der Waals surface area contributed by atoms with Crippen molar-refractivity contribution in [2.75, 3.05) is 0 Å². The third-order valence-electron chi connectivity index (χ3n) is 9.02. The van der Waals surface area contributed by atoms with Crippen LogP contribution >= 0.6 is 0 Å². The summed E-state index contributed by atoms with van der Waals surface area (Å²) in [6, 6.07) is 0. The molecule has 126 valence electrons. The van der Waals surface area contributed by atoms with Gasteiger partial charge in [-0.05, 0) is 92.3 Å². The van der Waals surface area contributed by atoms with Gasteiger partial charge in [0.05, 0.1) is 11.7 Å². The van der Waals surface area contributed by atoms with E-state index in [1.165, 1.54) is 38.5 Å². The molecule has 0 aliphatic heterocycles. The molecule has 2 N–H and O–H groups in total. The number of rotatable bonds is 0. The zero-order valence-corrected chi connectivity index (χ0v) is 14.9. The summed E-state index contributed by atoms with van der Waals surface area (Å²) < 4.78 is 0.